The van der Waals surface area contributed by atoms with Crippen molar-refractivity contribution in [3.63, 3.8) is 0 Å². The first-order valence-corrected chi connectivity index (χ1v) is 7.01. The summed E-state index contributed by atoms with van der Waals surface area (Å²) in [5, 5.41) is 10.2. The average Bonchev–Trinajstić information content (AvgIpc) is 2.42. The van der Waals surface area contributed by atoms with Crippen molar-refractivity contribution in [1.82, 2.24) is 4.98 Å². The van der Waals surface area contributed by atoms with Gasteiger partial charge in [0.05, 0.1) is 0 Å². The predicted molar refractivity (Wildman–Crippen MR) is 76.0 cm³/mol. The van der Waals surface area contributed by atoms with Gasteiger partial charge in [-0.15, -0.1) is 0 Å². The Labute approximate surface area is 131 Å². The molecule has 23 heavy (non-hydrogen) atoms. The SMILES string of the molecule is Cc1nc(C(F)(F)F)ccc1C(=O)C1=C(O)C(C)(C)CCC1=O. The van der Waals surface area contributed by atoms with Crippen LogP contribution in [0.1, 0.15) is 48.4 Å². The Kier molecular flexibility index (Phi) is 4.09. The van der Waals surface area contributed by atoms with Gasteiger partial charge in [-0.2, -0.15) is 13.2 Å². The van der Waals surface area contributed by atoms with Gasteiger partial charge in [0, 0.05) is 23.1 Å². The van der Waals surface area contributed by atoms with Crippen molar-refractivity contribution in [3.05, 3.63) is 40.4 Å². The fraction of sp³-hybridized carbons (Fsp3) is 0.438. The van der Waals surface area contributed by atoms with Crippen LogP contribution in [0.5, 0.6) is 0 Å². The van der Waals surface area contributed by atoms with Crippen molar-refractivity contribution in [2.24, 2.45) is 5.41 Å². The summed E-state index contributed by atoms with van der Waals surface area (Å²) < 4.78 is 37.9. The number of aromatic nitrogens is 1. The number of Topliss-reactive ketones (excluding diaryl/α,β-unsaturated/α-hetero) is 2. The lowest BCUT2D eigenvalue weighted by molar-refractivity contribution is -0.141. The number of halogens is 3. The third-order valence-corrected chi connectivity index (χ3v) is 3.98. The molecule has 0 saturated heterocycles. The molecule has 0 unspecified atom stereocenters. The molecule has 4 nitrogen and oxygen atoms in total. The maximum atomic E-state index is 12.6. The van der Waals surface area contributed by atoms with Gasteiger partial charge < -0.3 is 5.11 Å². The Balaban J connectivity index is 2.51. The van der Waals surface area contributed by atoms with Crippen LogP contribution in [0.25, 0.3) is 0 Å². The number of carbonyl (C=O) groups excluding carboxylic acids is 2. The number of alkyl halides is 3. The summed E-state index contributed by atoms with van der Waals surface area (Å²) >= 11 is 0. The van der Waals surface area contributed by atoms with Crippen LogP contribution >= 0.6 is 0 Å². The lowest BCUT2D eigenvalue weighted by atomic mass is 9.75. The molecule has 0 amide bonds. The minimum Gasteiger partial charge on any atom is -0.511 e. The van der Waals surface area contributed by atoms with Crippen molar-refractivity contribution < 1.29 is 27.9 Å². The van der Waals surface area contributed by atoms with Gasteiger partial charge in [0.2, 0.25) is 5.78 Å². The quantitative estimate of drug-likeness (QED) is 0.663. The average molecular weight is 327 g/mol. The largest absolute Gasteiger partial charge is 0.511 e. The number of aryl methyl sites for hydroxylation is 1. The highest BCUT2D eigenvalue weighted by molar-refractivity contribution is 6.27. The Morgan fingerprint density at radius 3 is 2.43 bits per heavy atom. The first kappa shape index (κ1) is 17.2. The molecule has 0 spiro atoms. The van der Waals surface area contributed by atoms with Gasteiger partial charge in [0.1, 0.15) is 17.0 Å². The lowest BCUT2D eigenvalue weighted by Gasteiger charge is -2.29. The van der Waals surface area contributed by atoms with Gasteiger partial charge in [-0.05, 0) is 25.5 Å². The first-order chi connectivity index (χ1) is 10.4. The number of hydrogen-bond acceptors (Lipinski definition) is 4. The molecule has 1 aromatic heterocycles. The molecule has 7 heteroatoms. The predicted octanol–water partition coefficient (Wildman–Crippen LogP) is 3.79. The van der Waals surface area contributed by atoms with Crippen LogP contribution in [0.2, 0.25) is 0 Å². The van der Waals surface area contributed by atoms with E-state index in [-0.39, 0.29) is 29.0 Å². The third-order valence-electron chi connectivity index (χ3n) is 3.98. The molecule has 2 rings (SSSR count). The number of allylic oxidation sites excluding steroid dienone is 2. The van der Waals surface area contributed by atoms with Crippen molar-refractivity contribution in [2.45, 2.75) is 39.8 Å². The molecule has 1 N–H and O–H groups in total. The second kappa shape index (κ2) is 5.47. The maximum Gasteiger partial charge on any atom is 0.433 e. The number of rotatable bonds is 2. The lowest BCUT2D eigenvalue weighted by Crippen LogP contribution is -2.30. The van der Waals surface area contributed by atoms with E-state index >= 15 is 0 Å². The molecule has 0 bridgehead atoms. The Morgan fingerprint density at radius 1 is 1.30 bits per heavy atom. The second-order valence-electron chi connectivity index (χ2n) is 6.19. The number of aliphatic hydroxyl groups excluding tert-OH is 1. The van der Waals surface area contributed by atoms with Gasteiger partial charge >= 0.3 is 6.18 Å². The zero-order valence-corrected chi connectivity index (χ0v) is 12.9. The highest BCUT2D eigenvalue weighted by Crippen LogP contribution is 2.38. The van der Waals surface area contributed by atoms with Crippen molar-refractivity contribution in [2.75, 3.05) is 0 Å². The van der Waals surface area contributed by atoms with Gasteiger partial charge in [-0.1, -0.05) is 13.8 Å². The molecule has 0 aromatic carbocycles. The van der Waals surface area contributed by atoms with Crippen LogP contribution in [0.4, 0.5) is 13.2 Å². The van der Waals surface area contributed by atoms with Crippen molar-refractivity contribution >= 4 is 11.6 Å². The van der Waals surface area contributed by atoms with Gasteiger partial charge in [-0.25, -0.2) is 4.98 Å². The highest BCUT2D eigenvalue weighted by Gasteiger charge is 2.39. The molecule has 1 aliphatic carbocycles. The number of ketones is 2. The zero-order chi connectivity index (χ0) is 17.6. The molecular formula is C16H16F3NO3. The summed E-state index contributed by atoms with van der Waals surface area (Å²) in [6.07, 6.45) is -4.11. The minimum absolute atomic E-state index is 0.102. The second-order valence-corrected chi connectivity index (χ2v) is 6.19. The standard InChI is InChI=1S/C16H16F3NO3/c1-8-9(4-5-11(20-8)16(17,18)19)13(22)12-10(21)6-7-15(2,3)14(12)23/h4-5,23H,6-7H2,1-3H3. The van der Waals surface area contributed by atoms with Gasteiger partial charge in [0.15, 0.2) is 5.78 Å². The van der Waals surface area contributed by atoms with Crippen LogP contribution in [0.15, 0.2) is 23.5 Å². The maximum absolute atomic E-state index is 12.6. The Morgan fingerprint density at radius 2 is 1.91 bits per heavy atom. The number of pyridine rings is 1. The fourth-order valence-corrected chi connectivity index (χ4v) is 2.47. The summed E-state index contributed by atoms with van der Waals surface area (Å²) in [4.78, 5) is 27.9. The molecule has 124 valence electrons. The van der Waals surface area contributed by atoms with Crippen LogP contribution in [-0.4, -0.2) is 21.7 Å². The van der Waals surface area contributed by atoms with E-state index in [0.29, 0.717) is 12.5 Å². The smallest absolute Gasteiger partial charge is 0.433 e. The first-order valence-electron chi connectivity index (χ1n) is 7.01. The van der Waals surface area contributed by atoms with Crippen LogP contribution in [-0.2, 0) is 11.0 Å². The summed E-state index contributed by atoms with van der Waals surface area (Å²) in [5.41, 5.74) is -2.45. The van der Waals surface area contributed by atoms with Crippen LogP contribution < -0.4 is 0 Å². The normalized spacial score (nSPS) is 18.3. The Hall–Kier alpha value is -2.18. The molecule has 0 radical (unpaired) electrons. The van der Waals surface area contributed by atoms with E-state index in [1.165, 1.54) is 6.92 Å². The van der Waals surface area contributed by atoms with Gasteiger partial charge in [-0.3, -0.25) is 9.59 Å². The summed E-state index contributed by atoms with van der Waals surface area (Å²) in [5.74, 6) is -1.62. The Bertz CT molecular complexity index is 718. The molecule has 1 aromatic rings. The number of hydrogen-bond donors (Lipinski definition) is 1. The molecule has 0 aliphatic heterocycles. The monoisotopic (exact) mass is 327 g/mol. The van der Waals surface area contributed by atoms with E-state index in [1.54, 1.807) is 13.8 Å². The molecule has 0 fully saturated rings. The number of nitrogens with zero attached hydrogens (tertiary/aromatic N) is 1. The van der Waals surface area contributed by atoms with E-state index in [1.807, 2.05) is 0 Å². The van der Waals surface area contributed by atoms with Crippen LogP contribution in [0, 0.1) is 12.3 Å². The number of aliphatic hydroxyl groups is 1. The van der Waals surface area contributed by atoms with E-state index in [0.717, 1.165) is 6.07 Å². The summed E-state index contributed by atoms with van der Waals surface area (Å²) in [6, 6.07) is 1.68. The van der Waals surface area contributed by atoms with Crippen molar-refractivity contribution in [1.29, 1.82) is 0 Å². The van der Waals surface area contributed by atoms with E-state index in [2.05, 4.69) is 4.98 Å². The molecular weight excluding hydrogens is 311 g/mol. The summed E-state index contributed by atoms with van der Waals surface area (Å²) in [6.45, 7) is 4.65. The highest BCUT2D eigenvalue weighted by atomic mass is 19.4. The van der Waals surface area contributed by atoms with Crippen molar-refractivity contribution in [3.8, 4) is 0 Å². The molecule has 1 aliphatic rings. The van der Waals surface area contributed by atoms with Crippen LogP contribution in [0.3, 0.4) is 0 Å². The molecule has 1 heterocycles. The zero-order valence-electron chi connectivity index (χ0n) is 12.9. The molecule has 0 atom stereocenters. The van der Waals surface area contributed by atoms with E-state index in [4.69, 9.17) is 0 Å². The van der Waals surface area contributed by atoms with E-state index in [9.17, 15) is 27.9 Å². The third kappa shape index (κ3) is 3.13. The number of carbonyl (C=O) groups is 2. The topological polar surface area (TPSA) is 67.3 Å². The molecule has 0 saturated carbocycles. The van der Waals surface area contributed by atoms with E-state index < -0.39 is 28.9 Å². The summed E-state index contributed by atoms with van der Waals surface area (Å²) in [7, 11) is 0. The van der Waals surface area contributed by atoms with Gasteiger partial charge in [0.25, 0.3) is 0 Å². The fourth-order valence-electron chi connectivity index (χ4n) is 2.47. The minimum atomic E-state index is -4.61.